The molecule has 7 aromatic rings. The van der Waals surface area contributed by atoms with Gasteiger partial charge in [-0.15, -0.1) is 0 Å². The number of nitrogens with zero attached hydrogens (tertiary/aromatic N) is 10. The summed E-state index contributed by atoms with van der Waals surface area (Å²) in [6, 6.07) is 6.53. The SMILES string of the molecule is CCOC(=O)c1nc(NC(=O)CCC(=O)Nc2cc(NC(=O)c3nc(NC(=O)[C@@H](CCC(=O)Nc4cc(NC(=O)c5nc(NC(=O)c6cc(NC(=O)c7cccn7C)cn6C)cn5C)cn4C)NC(=O)OC(C)(C)C)cn3C)cn2C)cn1C. The Bertz CT molecular complexity index is 3690. The topological polar surface area (TPSA) is 371 Å². The number of nitrogens with one attached hydrogen (secondary N) is 9. The summed E-state index contributed by atoms with van der Waals surface area (Å²) < 4.78 is 20.8. The third kappa shape index (κ3) is 15.8. The second kappa shape index (κ2) is 25.8. The lowest BCUT2D eigenvalue weighted by atomic mass is 10.1. The van der Waals surface area contributed by atoms with E-state index in [1.807, 2.05) is 0 Å². The lowest BCUT2D eigenvalue weighted by Gasteiger charge is -2.23. The van der Waals surface area contributed by atoms with E-state index in [1.54, 1.807) is 99.1 Å². The van der Waals surface area contributed by atoms with Crippen molar-refractivity contribution in [3.8, 4) is 0 Å². The smallest absolute Gasteiger partial charge is 0.408 e. The zero-order valence-electron chi connectivity index (χ0n) is 47.9. The van der Waals surface area contributed by atoms with Crippen molar-refractivity contribution >= 4 is 105 Å². The Kier molecular flexibility index (Phi) is 18.7. The number of rotatable bonds is 22. The largest absolute Gasteiger partial charge is 0.460 e. The van der Waals surface area contributed by atoms with Crippen LogP contribution in [0.1, 0.15) is 106 Å². The predicted molar refractivity (Wildman–Crippen MR) is 305 cm³/mol. The van der Waals surface area contributed by atoms with Crippen LogP contribution < -0.4 is 47.9 Å². The first kappa shape index (κ1) is 60.9. The normalized spacial score (nSPS) is 11.5. The number of anilines is 8. The van der Waals surface area contributed by atoms with Crippen molar-refractivity contribution in [3.05, 3.63) is 103 Å². The zero-order chi connectivity index (χ0) is 61.3. The molecular formula is C53H65N19O12. The van der Waals surface area contributed by atoms with Crippen LogP contribution in [0.15, 0.2) is 73.7 Å². The maximum absolute atomic E-state index is 13.8. The highest BCUT2D eigenvalue weighted by molar-refractivity contribution is 6.08. The number of hydrogen-bond donors (Lipinski definition) is 9. The van der Waals surface area contributed by atoms with E-state index in [-0.39, 0.29) is 102 Å². The molecule has 7 aromatic heterocycles. The molecule has 0 fully saturated rings. The Labute approximate surface area is 479 Å². The minimum absolute atomic E-state index is 0.00285. The van der Waals surface area contributed by atoms with Gasteiger partial charge in [-0.2, -0.15) is 0 Å². The van der Waals surface area contributed by atoms with Crippen LogP contribution in [0.5, 0.6) is 0 Å². The number of alkyl carbamates (subject to hydrolysis) is 1. The van der Waals surface area contributed by atoms with Gasteiger partial charge in [0.15, 0.2) is 17.5 Å². The first-order valence-electron chi connectivity index (χ1n) is 26.0. The summed E-state index contributed by atoms with van der Waals surface area (Å²) in [6.45, 7) is 6.70. The van der Waals surface area contributed by atoms with E-state index in [1.165, 1.54) is 83.6 Å². The number of esters is 1. The van der Waals surface area contributed by atoms with Crippen molar-refractivity contribution in [1.82, 2.24) is 52.2 Å². The number of amides is 9. The Morgan fingerprint density at radius 1 is 0.500 bits per heavy atom. The molecule has 0 unspecified atom stereocenters. The Morgan fingerprint density at radius 2 is 0.964 bits per heavy atom. The molecule has 9 N–H and O–H groups in total. The lowest BCUT2D eigenvalue weighted by molar-refractivity contribution is -0.121. The van der Waals surface area contributed by atoms with Gasteiger partial charge in [-0.25, -0.2) is 24.5 Å². The number of imidazole rings is 3. The van der Waals surface area contributed by atoms with Gasteiger partial charge in [0.2, 0.25) is 41.1 Å². The monoisotopic (exact) mass is 1160 g/mol. The van der Waals surface area contributed by atoms with Crippen LogP contribution in [-0.4, -0.2) is 124 Å². The van der Waals surface area contributed by atoms with Crippen LogP contribution in [0.25, 0.3) is 0 Å². The molecule has 31 nitrogen and oxygen atoms in total. The average molecular weight is 1160 g/mol. The van der Waals surface area contributed by atoms with Gasteiger partial charge in [0.25, 0.3) is 23.6 Å². The van der Waals surface area contributed by atoms with Crippen molar-refractivity contribution in [1.29, 1.82) is 0 Å². The summed E-state index contributed by atoms with van der Waals surface area (Å²) in [5.41, 5.74) is 0.634. The van der Waals surface area contributed by atoms with Crippen LogP contribution in [0.2, 0.25) is 0 Å². The van der Waals surface area contributed by atoms with E-state index in [9.17, 15) is 47.9 Å². The van der Waals surface area contributed by atoms with Crippen molar-refractivity contribution in [2.45, 2.75) is 65.0 Å². The molecule has 0 saturated heterocycles. The molecule has 7 heterocycles. The molecular weight excluding hydrogens is 1090 g/mol. The van der Waals surface area contributed by atoms with Gasteiger partial charge in [0, 0.05) is 124 Å². The Morgan fingerprint density at radius 3 is 1.50 bits per heavy atom. The molecule has 0 radical (unpaired) electrons. The maximum atomic E-state index is 13.8. The maximum Gasteiger partial charge on any atom is 0.408 e. The second-order valence-corrected chi connectivity index (χ2v) is 20.3. The third-order valence-electron chi connectivity index (χ3n) is 12.2. The van der Waals surface area contributed by atoms with Gasteiger partial charge in [-0.3, -0.25) is 38.4 Å². The minimum Gasteiger partial charge on any atom is -0.460 e. The minimum atomic E-state index is -1.35. The van der Waals surface area contributed by atoms with E-state index in [0.717, 1.165) is 0 Å². The van der Waals surface area contributed by atoms with Crippen LogP contribution in [-0.2, 0) is 78.0 Å². The highest BCUT2D eigenvalue weighted by atomic mass is 16.6. The number of aromatic nitrogens is 10. The average Bonchev–Trinajstić information content (AvgIpc) is 4.37. The summed E-state index contributed by atoms with van der Waals surface area (Å²) in [7, 11) is 11.3. The lowest BCUT2D eigenvalue weighted by Crippen LogP contribution is -2.46. The molecule has 0 aliphatic carbocycles. The summed E-state index contributed by atoms with van der Waals surface area (Å²) >= 11 is 0. The number of hydrogen-bond acceptors (Lipinski definition) is 15. The fourth-order valence-electron chi connectivity index (χ4n) is 8.26. The highest BCUT2D eigenvalue weighted by Gasteiger charge is 2.28. The molecule has 444 valence electrons. The summed E-state index contributed by atoms with van der Waals surface area (Å²) in [6.07, 6.45) is 8.74. The molecule has 7 rings (SSSR count). The van der Waals surface area contributed by atoms with E-state index >= 15 is 0 Å². The molecule has 0 aliphatic heterocycles. The Hall–Kier alpha value is -10.8. The third-order valence-corrected chi connectivity index (χ3v) is 12.2. The highest BCUT2D eigenvalue weighted by Crippen LogP contribution is 2.23. The van der Waals surface area contributed by atoms with Crippen molar-refractivity contribution in [2.75, 3.05) is 49.1 Å². The van der Waals surface area contributed by atoms with Gasteiger partial charge in [-0.05, 0) is 52.3 Å². The van der Waals surface area contributed by atoms with Gasteiger partial charge in [0.1, 0.15) is 34.7 Å². The molecule has 0 bridgehead atoms. The van der Waals surface area contributed by atoms with Crippen LogP contribution in [0, 0.1) is 0 Å². The molecule has 0 aromatic carbocycles. The number of ether oxygens (including phenoxy) is 2. The second-order valence-electron chi connectivity index (χ2n) is 20.3. The fourth-order valence-corrected chi connectivity index (χ4v) is 8.26. The van der Waals surface area contributed by atoms with E-state index in [4.69, 9.17) is 9.47 Å². The van der Waals surface area contributed by atoms with Crippen LogP contribution in [0.3, 0.4) is 0 Å². The van der Waals surface area contributed by atoms with Gasteiger partial charge < -0.3 is 89.3 Å². The molecule has 9 amide bonds. The zero-order valence-corrected chi connectivity index (χ0v) is 47.9. The van der Waals surface area contributed by atoms with Crippen molar-refractivity contribution < 1.29 is 57.4 Å². The standard InChI is InChI=1S/C53H65N19O12/c1-12-83-51(81)45-61-35(26-72(45)11)58-40(73)17-18-42(75)65-39-22-31(25-69(39)8)55-49(79)43-59-36(27-70(43)9)62-46(76)32(57-52(82)84-53(2,3)4)15-16-41(74)64-38-21-30(24-68(38)7)56-50(80)44-60-37(28-71(44)10)63-48(78)34-20-29(23-67(34)6)54-47(77)33-14-13-19-66(33)5/h13-14,19-28,32H,12,15-18H2,1-11H3,(H,54,77)(H,55,79)(H,56,80)(H,57,82)(H,58,73)(H,62,76)(H,63,78)(H,64,74)(H,65,75)/t32-/m1/s1. The molecule has 1 atom stereocenters. The van der Waals surface area contributed by atoms with Crippen molar-refractivity contribution in [3.63, 3.8) is 0 Å². The predicted octanol–water partition coefficient (Wildman–Crippen LogP) is 4.04. The molecule has 31 heteroatoms. The van der Waals surface area contributed by atoms with Gasteiger partial charge >= 0.3 is 12.1 Å². The van der Waals surface area contributed by atoms with Crippen LogP contribution >= 0.6 is 0 Å². The number of carbonyl (C=O) groups excluding carboxylic acids is 10. The van der Waals surface area contributed by atoms with E-state index < -0.39 is 65.1 Å². The molecule has 0 saturated carbocycles. The van der Waals surface area contributed by atoms with E-state index in [0.29, 0.717) is 11.4 Å². The summed E-state index contributed by atoms with van der Waals surface area (Å²) in [5, 5.41) is 23.9. The summed E-state index contributed by atoms with van der Waals surface area (Å²) in [4.78, 5) is 143. The van der Waals surface area contributed by atoms with Gasteiger partial charge in [-0.1, -0.05) is 0 Å². The quantitative estimate of drug-likeness (QED) is 0.0433. The van der Waals surface area contributed by atoms with Crippen molar-refractivity contribution in [2.24, 2.45) is 49.3 Å². The first-order valence-corrected chi connectivity index (χ1v) is 26.0. The van der Waals surface area contributed by atoms with Gasteiger partial charge in [0.05, 0.1) is 23.7 Å². The van der Waals surface area contributed by atoms with Crippen LogP contribution in [0.4, 0.5) is 50.9 Å². The summed E-state index contributed by atoms with van der Waals surface area (Å²) in [5.74, 6) is -4.81. The first-order chi connectivity index (χ1) is 39.6. The number of carbonyl (C=O) groups is 10. The number of aryl methyl sites for hydroxylation is 7. The Balaban J connectivity index is 0.903. The molecule has 84 heavy (non-hydrogen) atoms. The van der Waals surface area contributed by atoms with E-state index in [2.05, 4.69) is 62.8 Å². The molecule has 0 spiro atoms. The fraction of sp³-hybridized carbons (Fsp3) is 0.340. The molecule has 0 aliphatic rings.